The molecule has 3 N–H and O–H groups in total. The van der Waals surface area contributed by atoms with Crippen LogP contribution in [0.2, 0.25) is 0 Å². The fraction of sp³-hybridized carbons (Fsp3) is 0. The van der Waals surface area contributed by atoms with Crippen molar-refractivity contribution in [2.24, 2.45) is 0 Å². The van der Waals surface area contributed by atoms with E-state index in [-0.39, 0.29) is 29.0 Å². The highest BCUT2D eigenvalue weighted by molar-refractivity contribution is 5.63. The summed E-state index contributed by atoms with van der Waals surface area (Å²) in [7, 11) is 0. The minimum absolute atomic E-state index is 0.101. The van der Waals surface area contributed by atoms with Crippen LogP contribution in [0.1, 0.15) is 0 Å². The van der Waals surface area contributed by atoms with Crippen LogP contribution in [0.5, 0.6) is 17.2 Å². The molecule has 3 rings (SSSR count). The highest BCUT2D eigenvalue weighted by Crippen LogP contribution is 2.30. The van der Waals surface area contributed by atoms with E-state index < -0.39 is 0 Å². The minimum Gasteiger partial charge on any atom is -0.508 e. The summed E-state index contributed by atoms with van der Waals surface area (Å²) >= 11 is 0. The van der Waals surface area contributed by atoms with Gasteiger partial charge in [0.1, 0.15) is 5.75 Å². The van der Waals surface area contributed by atoms with E-state index in [9.17, 15) is 15.3 Å². The van der Waals surface area contributed by atoms with Crippen molar-refractivity contribution in [3.8, 4) is 40.1 Å². The first-order valence-electron chi connectivity index (χ1n) is 5.79. The molecule has 0 bridgehead atoms. The summed E-state index contributed by atoms with van der Waals surface area (Å²) in [5, 5.41) is 31.9. The molecule has 0 unspecified atom stereocenters. The number of nitrogens with zero attached hydrogens (tertiary/aromatic N) is 2. The Labute approximate surface area is 113 Å². The second-order valence-electron chi connectivity index (χ2n) is 4.18. The first-order valence-corrected chi connectivity index (χ1v) is 5.79. The van der Waals surface area contributed by atoms with Crippen LogP contribution in [0.15, 0.2) is 47.0 Å². The van der Waals surface area contributed by atoms with Gasteiger partial charge in [-0.1, -0.05) is 11.2 Å². The predicted octanol–water partition coefficient (Wildman–Crippen LogP) is 2.52. The predicted molar refractivity (Wildman–Crippen MR) is 70.2 cm³/mol. The molecule has 0 radical (unpaired) electrons. The Balaban J connectivity index is 1.99. The molecule has 0 saturated carbocycles. The lowest BCUT2D eigenvalue weighted by Crippen LogP contribution is -1.81. The summed E-state index contributed by atoms with van der Waals surface area (Å²) in [6, 6.07) is 10.7. The fourth-order valence-electron chi connectivity index (χ4n) is 1.76. The van der Waals surface area contributed by atoms with Crippen molar-refractivity contribution in [3.63, 3.8) is 0 Å². The summed E-state index contributed by atoms with van der Waals surface area (Å²) in [6.45, 7) is 0. The maximum absolute atomic E-state index is 9.45. The zero-order chi connectivity index (χ0) is 14.1. The Morgan fingerprint density at radius 1 is 0.850 bits per heavy atom. The molecule has 0 atom stereocenters. The zero-order valence-electron chi connectivity index (χ0n) is 10.2. The van der Waals surface area contributed by atoms with E-state index in [4.69, 9.17) is 4.52 Å². The van der Waals surface area contributed by atoms with E-state index in [1.807, 2.05) is 0 Å². The van der Waals surface area contributed by atoms with Gasteiger partial charge in [0.25, 0.3) is 5.89 Å². The van der Waals surface area contributed by atoms with E-state index in [2.05, 4.69) is 10.1 Å². The van der Waals surface area contributed by atoms with Crippen LogP contribution in [-0.4, -0.2) is 25.5 Å². The van der Waals surface area contributed by atoms with Crippen molar-refractivity contribution >= 4 is 0 Å². The Bertz CT molecular complexity index is 767. The monoisotopic (exact) mass is 270 g/mol. The number of hydrogen-bond acceptors (Lipinski definition) is 6. The highest BCUT2D eigenvalue weighted by atomic mass is 16.5. The standard InChI is InChI=1S/C14H10N2O4/c17-10-3-1-2-9(6-10)14-15-13(16-20-14)8-4-5-11(18)12(19)7-8/h1-7,17-19H. The zero-order valence-corrected chi connectivity index (χ0v) is 10.2. The SMILES string of the molecule is Oc1cccc(-c2nc(-c3ccc(O)c(O)c3)no2)c1. The molecule has 20 heavy (non-hydrogen) atoms. The van der Waals surface area contributed by atoms with Crippen LogP contribution in [0.4, 0.5) is 0 Å². The minimum atomic E-state index is -0.258. The number of hydrogen-bond donors (Lipinski definition) is 3. The summed E-state index contributed by atoms with van der Waals surface area (Å²) in [4.78, 5) is 4.18. The molecule has 0 aliphatic carbocycles. The summed E-state index contributed by atoms with van der Waals surface area (Å²) < 4.78 is 5.11. The highest BCUT2D eigenvalue weighted by Gasteiger charge is 2.12. The van der Waals surface area contributed by atoms with Crippen LogP contribution in [0.3, 0.4) is 0 Å². The number of phenolic OH excluding ortho intramolecular Hbond substituents is 3. The molecule has 0 aliphatic rings. The fourth-order valence-corrected chi connectivity index (χ4v) is 1.76. The lowest BCUT2D eigenvalue weighted by atomic mass is 10.2. The molecule has 0 amide bonds. The Morgan fingerprint density at radius 2 is 1.70 bits per heavy atom. The van der Waals surface area contributed by atoms with E-state index in [1.54, 1.807) is 24.3 Å². The maximum Gasteiger partial charge on any atom is 0.258 e. The molecule has 6 nitrogen and oxygen atoms in total. The Morgan fingerprint density at radius 3 is 2.45 bits per heavy atom. The number of rotatable bonds is 2. The third-order valence-corrected chi connectivity index (χ3v) is 2.75. The molecule has 0 fully saturated rings. The van der Waals surface area contributed by atoms with Crippen LogP contribution in [0, 0.1) is 0 Å². The molecular formula is C14H10N2O4. The number of aromatic hydroxyl groups is 3. The van der Waals surface area contributed by atoms with Gasteiger partial charge in [0.2, 0.25) is 5.82 Å². The van der Waals surface area contributed by atoms with Crippen molar-refractivity contribution in [3.05, 3.63) is 42.5 Å². The van der Waals surface area contributed by atoms with Crippen LogP contribution in [-0.2, 0) is 0 Å². The Hall–Kier alpha value is -3.02. The van der Waals surface area contributed by atoms with Crippen LogP contribution >= 0.6 is 0 Å². The maximum atomic E-state index is 9.45. The molecule has 100 valence electrons. The molecule has 2 aromatic carbocycles. The van der Waals surface area contributed by atoms with E-state index in [0.717, 1.165) is 0 Å². The van der Waals surface area contributed by atoms with Gasteiger partial charge in [-0.25, -0.2) is 0 Å². The topological polar surface area (TPSA) is 99.6 Å². The van der Waals surface area contributed by atoms with Crippen LogP contribution in [0.25, 0.3) is 22.8 Å². The van der Waals surface area contributed by atoms with Crippen molar-refractivity contribution in [2.45, 2.75) is 0 Å². The van der Waals surface area contributed by atoms with Gasteiger partial charge < -0.3 is 19.8 Å². The van der Waals surface area contributed by atoms with Gasteiger partial charge in [0.15, 0.2) is 11.5 Å². The molecule has 0 aliphatic heterocycles. The molecule has 6 heteroatoms. The Kier molecular flexibility index (Phi) is 2.76. The molecular weight excluding hydrogens is 260 g/mol. The quantitative estimate of drug-likeness (QED) is 0.619. The average Bonchev–Trinajstić information content (AvgIpc) is 2.92. The number of benzene rings is 2. The van der Waals surface area contributed by atoms with Gasteiger partial charge in [-0.15, -0.1) is 0 Å². The van der Waals surface area contributed by atoms with E-state index >= 15 is 0 Å². The number of phenols is 3. The van der Waals surface area contributed by atoms with Crippen molar-refractivity contribution in [2.75, 3.05) is 0 Å². The molecule has 1 heterocycles. The second kappa shape index (κ2) is 4.58. The van der Waals surface area contributed by atoms with Crippen molar-refractivity contribution in [1.29, 1.82) is 0 Å². The lowest BCUT2D eigenvalue weighted by molar-refractivity contribution is 0.404. The van der Waals surface area contributed by atoms with Crippen LogP contribution < -0.4 is 0 Å². The largest absolute Gasteiger partial charge is 0.508 e. The summed E-state index contributed by atoms with van der Waals surface area (Å²) in [5.74, 6) is 0.156. The van der Waals surface area contributed by atoms with Gasteiger partial charge in [-0.3, -0.25) is 0 Å². The van der Waals surface area contributed by atoms with Crippen molar-refractivity contribution < 1.29 is 19.8 Å². The van der Waals surface area contributed by atoms with E-state index in [1.165, 1.54) is 18.2 Å². The molecule has 0 saturated heterocycles. The first-order chi connectivity index (χ1) is 9.63. The van der Waals surface area contributed by atoms with Gasteiger partial charge in [0.05, 0.1) is 0 Å². The lowest BCUT2D eigenvalue weighted by Gasteiger charge is -1.98. The van der Waals surface area contributed by atoms with Gasteiger partial charge in [-0.2, -0.15) is 4.98 Å². The third kappa shape index (κ3) is 2.14. The summed E-state index contributed by atoms with van der Waals surface area (Å²) in [5.41, 5.74) is 1.10. The molecule has 0 spiro atoms. The summed E-state index contributed by atoms with van der Waals surface area (Å²) in [6.07, 6.45) is 0. The van der Waals surface area contributed by atoms with Crippen molar-refractivity contribution in [1.82, 2.24) is 10.1 Å². The molecule has 3 aromatic rings. The molecule has 1 aromatic heterocycles. The van der Waals surface area contributed by atoms with Gasteiger partial charge in [0, 0.05) is 11.1 Å². The normalized spacial score (nSPS) is 10.6. The average molecular weight is 270 g/mol. The second-order valence-corrected chi connectivity index (χ2v) is 4.18. The van der Waals surface area contributed by atoms with E-state index in [0.29, 0.717) is 11.1 Å². The third-order valence-electron chi connectivity index (χ3n) is 2.75. The number of aromatic nitrogens is 2. The smallest absolute Gasteiger partial charge is 0.258 e. The first kappa shape index (κ1) is 12.0. The van der Waals surface area contributed by atoms with Gasteiger partial charge in [-0.05, 0) is 36.4 Å². The van der Waals surface area contributed by atoms with Gasteiger partial charge >= 0.3 is 0 Å².